The van der Waals surface area contributed by atoms with Crippen LogP contribution in [0.25, 0.3) is 0 Å². The molecule has 7 heteroatoms. The van der Waals surface area contributed by atoms with Crippen LogP contribution in [0.4, 0.5) is 4.79 Å². The number of thioether (sulfide) groups is 1. The first kappa shape index (κ1) is 27.0. The second kappa shape index (κ2) is 13.5. The number of carboxylic acids is 1. The Morgan fingerprint density at radius 1 is 1.06 bits per heavy atom. The molecule has 2 N–H and O–H groups in total. The van der Waals surface area contributed by atoms with E-state index in [0.29, 0.717) is 23.5 Å². The zero-order valence-corrected chi connectivity index (χ0v) is 20.9. The molecule has 0 aromatic heterocycles. The quantitative estimate of drug-likeness (QED) is 0.504. The van der Waals surface area contributed by atoms with Crippen LogP contribution in [0.1, 0.15) is 54.2 Å². The molecule has 2 aromatic rings. The summed E-state index contributed by atoms with van der Waals surface area (Å²) in [5.41, 5.74) is 2.94. The Hall–Kier alpha value is -3.24. The molecule has 0 saturated carbocycles. The summed E-state index contributed by atoms with van der Waals surface area (Å²) in [4.78, 5) is 38.8. The second-order valence-electron chi connectivity index (χ2n) is 8.37. The van der Waals surface area contributed by atoms with Crippen LogP contribution < -0.4 is 5.32 Å². The van der Waals surface area contributed by atoms with Gasteiger partial charge in [0.25, 0.3) is 5.91 Å². The van der Waals surface area contributed by atoms with Gasteiger partial charge < -0.3 is 10.4 Å². The Morgan fingerprint density at radius 3 is 2.44 bits per heavy atom. The van der Waals surface area contributed by atoms with Crippen LogP contribution in [0, 0.1) is 24.7 Å². The van der Waals surface area contributed by atoms with E-state index in [1.807, 2.05) is 52.0 Å². The van der Waals surface area contributed by atoms with Crippen molar-refractivity contribution in [2.75, 3.05) is 18.1 Å². The lowest BCUT2D eigenvalue weighted by Crippen LogP contribution is -2.51. The van der Waals surface area contributed by atoms with Crippen molar-refractivity contribution in [3.8, 4) is 11.8 Å². The van der Waals surface area contributed by atoms with E-state index in [1.54, 1.807) is 24.3 Å². The summed E-state index contributed by atoms with van der Waals surface area (Å²) in [7, 11) is 0. The number of carbonyl (C=O) groups excluding carboxylic acids is 2. The van der Waals surface area contributed by atoms with E-state index in [0.717, 1.165) is 21.8 Å². The van der Waals surface area contributed by atoms with Crippen molar-refractivity contribution in [3.63, 3.8) is 0 Å². The summed E-state index contributed by atoms with van der Waals surface area (Å²) >= 11 is 1.46. The molecule has 0 saturated heterocycles. The Kier molecular flexibility index (Phi) is 10.7. The molecule has 6 nitrogen and oxygen atoms in total. The predicted molar refractivity (Wildman–Crippen MR) is 137 cm³/mol. The van der Waals surface area contributed by atoms with Gasteiger partial charge in [0.2, 0.25) is 0 Å². The van der Waals surface area contributed by atoms with Gasteiger partial charge in [-0.1, -0.05) is 56.9 Å². The zero-order chi connectivity index (χ0) is 25.1. The molecular formula is C27H32N2O4S. The zero-order valence-electron chi connectivity index (χ0n) is 20.1. The van der Waals surface area contributed by atoms with Crippen molar-refractivity contribution in [2.45, 2.75) is 40.2 Å². The molecule has 1 atom stereocenters. The monoisotopic (exact) mass is 480 g/mol. The number of hydrogen-bond acceptors (Lipinski definition) is 4. The van der Waals surface area contributed by atoms with E-state index in [2.05, 4.69) is 17.2 Å². The van der Waals surface area contributed by atoms with Gasteiger partial charge in [-0.15, -0.1) is 0 Å². The smallest absolute Gasteiger partial charge is 0.327 e. The van der Waals surface area contributed by atoms with Gasteiger partial charge >= 0.3 is 12.0 Å². The first-order chi connectivity index (χ1) is 16.2. The highest BCUT2D eigenvalue weighted by Crippen LogP contribution is 2.13. The van der Waals surface area contributed by atoms with Crippen LogP contribution in [0.5, 0.6) is 0 Å². The number of benzene rings is 2. The topological polar surface area (TPSA) is 86.7 Å². The maximum Gasteiger partial charge on any atom is 0.327 e. The van der Waals surface area contributed by atoms with Gasteiger partial charge in [-0.2, -0.15) is 11.8 Å². The highest BCUT2D eigenvalue weighted by molar-refractivity contribution is 7.99. The van der Waals surface area contributed by atoms with E-state index < -0.39 is 23.9 Å². The molecule has 180 valence electrons. The molecule has 2 aromatic carbocycles. The van der Waals surface area contributed by atoms with E-state index in [-0.39, 0.29) is 12.3 Å². The van der Waals surface area contributed by atoms with Gasteiger partial charge in [-0.3, -0.25) is 9.69 Å². The average Bonchev–Trinajstić information content (AvgIpc) is 2.80. The number of aryl methyl sites for hydroxylation is 1. The lowest BCUT2D eigenvalue weighted by molar-refractivity contribution is -0.138. The van der Waals surface area contributed by atoms with Crippen LogP contribution in [-0.4, -0.2) is 52.0 Å². The van der Waals surface area contributed by atoms with Crippen molar-refractivity contribution >= 4 is 29.7 Å². The minimum absolute atomic E-state index is 0.176. The number of carboxylic acid groups (broad SMARTS) is 1. The highest BCUT2D eigenvalue weighted by atomic mass is 32.2. The van der Waals surface area contributed by atoms with Crippen LogP contribution in [0.2, 0.25) is 0 Å². The fraction of sp³-hybridized carbons (Fsp3) is 0.370. The minimum atomic E-state index is -1.12. The molecule has 0 radical (unpaired) electrons. The summed E-state index contributed by atoms with van der Waals surface area (Å²) in [6, 6.07) is 12.8. The molecule has 0 spiro atoms. The van der Waals surface area contributed by atoms with Crippen molar-refractivity contribution in [2.24, 2.45) is 5.92 Å². The third-order valence-corrected chi connectivity index (χ3v) is 6.34. The lowest BCUT2D eigenvalue weighted by atomic mass is 10.1. The first-order valence-corrected chi connectivity index (χ1v) is 12.5. The van der Waals surface area contributed by atoms with Gasteiger partial charge in [0.1, 0.15) is 6.04 Å². The number of amides is 3. The summed E-state index contributed by atoms with van der Waals surface area (Å²) in [6.45, 7) is 8.10. The van der Waals surface area contributed by atoms with Gasteiger partial charge in [0, 0.05) is 29.0 Å². The number of aliphatic carboxylic acids is 1. The van der Waals surface area contributed by atoms with Crippen molar-refractivity contribution in [1.29, 1.82) is 0 Å². The van der Waals surface area contributed by atoms with Gasteiger partial charge in [0.05, 0.1) is 0 Å². The minimum Gasteiger partial charge on any atom is -0.480 e. The Labute approximate surface area is 206 Å². The number of nitrogens with zero attached hydrogens (tertiary/aromatic N) is 1. The van der Waals surface area contributed by atoms with Crippen molar-refractivity contribution in [1.82, 2.24) is 10.2 Å². The van der Waals surface area contributed by atoms with Crippen LogP contribution in [-0.2, 0) is 4.79 Å². The molecule has 0 heterocycles. The van der Waals surface area contributed by atoms with Gasteiger partial charge in [0.15, 0.2) is 0 Å². The number of urea groups is 1. The molecule has 0 aliphatic rings. The Balaban J connectivity index is 2.18. The molecule has 0 aliphatic heterocycles. The molecule has 3 amide bonds. The van der Waals surface area contributed by atoms with E-state index >= 15 is 0 Å². The SMILES string of the molecule is CCCN(C(=O)N[C@@H](CSCC(C)C)C(=O)O)C(=O)c1cccc(C#Cc2ccccc2C)c1. The average molecular weight is 481 g/mol. The fourth-order valence-corrected chi connectivity index (χ4v) is 4.15. The number of rotatable bonds is 9. The van der Waals surface area contributed by atoms with Gasteiger partial charge in [-0.05, 0) is 54.8 Å². The van der Waals surface area contributed by atoms with E-state index in [9.17, 15) is 19.5 Å². The summed E-state index contributed by atoms with van der Waals surface area (Å²) in [5, 5.41) is 12.0. The fourth-order valence-electron chi connectivity index (χ4n) is 3.08. The molecule has 34 heavy (non-hydrogen) atoms. The third kappa shape index (κ3) is 8.27. The van der Waals surface area contributed by atoms with Crippen molar-refractivity contribution < 1.29 is 19.5 Å². The largest absolute Gasteiger partial charge is 0.480 e. The Bertz CT molecular complexity index is 1070. The number of imide groups is 1. The lowest BCUT2D eigenvalue weighted by Gasteiger charge is -2.23. The third-order valence-electron chi connectivity index (χ3n) is 4.87. The molecule has 0 aliphatic carbocycles. The molecular weight excluding hydrogens is 448 g/mol. The van der Waals surface area contributed by atoms with Crippen molar-refractivity contribution in [3.05, 3.63) is 70.8 Å². The number of nitrogens with one attached hydrogen (secondary N) is 1. The maximum atomic E-state index is 13.2. The highest BCUT2D eigenvalue weighted by Gasteiger charge is 2.27. The van der Waals surface area contributed by atoms with Gasteiger partial charge in [-0.25, -0.2) is 9.59 Å². The predicted octanol–water partition coefficient (Wildman–Crippen LogP) is 4.80. The van der Waals surface area contributed by atoms with Crippen LogP contribution >= 0.6 is 11.8 Å². The molecule has 0 fully saturated rings. The first-order valence-electron chi connectivity index (χ1n) is 11.3. The maximum absolute atomic E-state index is 13.2. The second-order valence-corrected chi connectivity index (χ2v) is 9.45. The Morgan fingerprint density at radius 2 is 1.79 bits per heavy atom. The summed E-state index contributed by atoms with van der Waals surface area (Å²) < 4.78 is 0. The summed E-state index contributed by atoms with van der Waals surface area (Å²) in [6.07, 6.45) is 0.547. The van der Waals surface area contributed by atoms with Crippen LogP contribution in [0.3, 0.4) is 0 Å². The standard InChI is InChI=1S/C27H32N2O4S/c1-5-15-29(27(33)28-24(26(31)32)18-34-17-19(2)3)25(30)23-12-8-10-21(16-23)13-14-22-11-7-6-9-20(22)4/h6-12,16,19,24H,5,15,17-18H2,1-4H3,(H,28,33)(H,31,32)/t24-/m0/s1. The van der Waals surface area contributed by atoms with Crippen LogP contribution in [0.15, 0.2) is 48.5 Å². The van der Waals surface area contributed by atoms with E-state index in [4.69, 9.17) is 0 Å². The summed E-state index contributed by atoms with van der Waals surface area (Å²) in [5.74, 6) is 6.01. The number of hydrogen-bond donors (Lipinski definition) is 2. The van der Waals surface area contributed by atoms with E-state index in [1.165, 1.54) is 11.8 Å². The number of carbonyl (C=O) groups is 3. The molecule has 2 rings (SSSR count). The molecule has 0 unspecified atom stereocenters. The normalized spacial score (nSPS) is 11.3. The molecule has 0 bridgehead atoms.